The zero-order valence-corrected chi connectivity index (χ0v) is 8.98. The molecule has 15 heavy (non-hydrogen) atoms. The van der Waals surface area contributed by atoms with Gasteiger partial charge in [0.15, 0.2) is 5.82 Å². The number of hydrogen-bond donors (Lipinski definition) is 2. The number of aromatic nitrogens is 5. The van der Waals surface area contributed by atoms with Crippen molar-refractivity contribution in [2.45, 2.75) is 12.5 Å². The van der Waals surface area contributed by atoms with E-state index in [1.165, 1.54) is 4.80 Å². The van der Waals surface area contributed by atoms with Gasteiger partial charge < -0.3 is 0 Å². The molecule has 7 nitrogen and oxygen atoms in total. The molecule has 2 heterocycles. The predicted octanol–water partition coefficient (Wildman–Crippen LogP) is -0.586. The van der Waals surface area contributed by atoms with Crippen LogP contribution in [0.1, 0.15) is 16.7 Å². The molecule has 0 fully saturated rings. The van der Waals surface area contributed by atoms with Gasteiger partial charge in [0.1, 0.15) is 0 Å². The summed E-state index contributed by atoms with van der Waals surface area (Å²) in [5, 5.41) is 11.8. The SMILES string of the molecule is Cn1nnc(CC(NN)c2cncs2)n1. The number of tetrazole rings is 1. The van der Waals surface area contributed by atoms with Crippen LogP contribution >= 0.6 is 11.3 Å². The molecule has 0 aliphatic rings. The first-order valence-electron chi connectivity index (χ1n) is 4.37. The fraction of sp³-hybridized carbons (Fsp3) is 0.429. The summed E-state index contributed by atoms with van der Waals surface area (Å²) < 4.78 is 0. The Morgan fingerprint density at radius 3 is 3.07 bits per heavy atom. The van der Waals surface area contributed by atoms with Crippen molar-refractivity contribution in [2.75, 3.05) is 0 Å². The Bertz CT molecular complexity index is 409. The summed E-state index contributed by atoms with van der Waals surface area (Å²) in [5.41, 5.74) is 4.48. The standard InChI is InChI=1S/C7H11N7S/c1-14-12-7(11-13-14)2-5(10-8)6-3-9-4-15-6/h3-5,10H,2,8H2,1H3. The molecule has 80 valence electrons. The van der Waals surface area contributed by atoms with Crippen molar-refractivity contribution in [3.05, 3.63) is 22.4 Å². The van der Waals surface area contributed by atoms with Crippen molar-refractivity contribution in [1.29, 1.82) is 0 Å². The summed E-state index contributed by atoms with van der Waals surface area (Å²) in [6.07, 6.45) is 2.39. The molecule has 2 aromatic rings. The Hall–Kier alpha value is -1.38. The van der Waals surface area contributed by atoms with E-state index in [4.69, 9.17) is 5.84 Å². The van der Waals surface area contributed by atoms with Gasteiger partial charge in [0.2, 0.25) is 0 Å². The van der Waals surface area contributed by atoms with Gasteiger partial charge in [-0.25, -0.2) is 0 Å². The van der Waals surface area contributed by atoms with E-state index in [2.05, 4.69) is 25.8 Å². The van der Waals surface area contributed by atoms with E-state index in [0.717, 1.165) is 4.88 Å². The monoisotopic (exact) mass is 225 g/mol. The lowest BCUT2D eigenvalue weighted by Gasteiger charge is -2.10. The van der Waals surface area contributed by atoms with Gasteiger partial charge in [0, 0.05) is 17.5 Å². The molecule has 1 atom stereocenters. The van der Waals surface area contributed by atoms with Gasteiger partial charge in [-0.15, -0.1) is 21.5 Å². The molecule has 0 radical (unpaired) electrons. The van der Waals surface area contributed by atoms with Crippen LogP contribution < -0.4 is 11.3 Å². The van der Waals surface area contributed by atoms with Crippen LogP contribution in [0, 0.1) is 0 Å². The molecule has 2 rings (SSSR count). The van der Waals surface area contributed by atoms with E-state index in [0.29, 0.717) is 12.2 Å². The highest BCUT2D eigenvalue weighted by atomic mass is 32.1. The van der Waals surface area contributed by atoms with Gasteiger partial charge in [-0.3, -0.25) is 16.3 Å². The number of thiazole rings is 1. The minimum Gasteiger partial charge on any atom is -0.271 e. The smallest absolute Gasteiger partial charge is 0.176 e. The largest absolute Gasteiger partial charge is 0.271 e. The van der Waals surface area contributed by atoms with E-state index >= 15 is 0 Å². The van der Waals surface area contributed by atoms with Crippen molar-refractivity contribution in [2.24, 2.45) is 12.9 Å². The Kier molecular flexibility index (Phi) is 2.99. The van der Waals surface area contributed by atoms with E-state index < -0.39 is 0 Å². The maximum atomic E-state index is 5.46. The lowest BCUT2D eigenvalue weighted by atomic mass is 10.2. The summed E-state index contributed by atoms with van der Waals surface area (Å²) in [6.45, 7) is 0. The second-order valence-electron chi connectivity index (χ2n) is 3.02. The highest BCUT2D eigenvalue weighted by Crippen LogP contribution is 2.18. The Balaban J connectivity index is 2.09. The maximum absolute atomic E-state index is 5.46. The lowest BCUT2D eigenvalue weighted by Crippen LogP contribution is -2.29. The van der Waals surface area contributed by atoms with Crippen LogP contribution in [-0.2, 0) is 13.5 Å². The molecule has 0 aromatic carbocycles. The minimum atomic E-state index is -0.0123. The molecule has 0 saturated carbocycles. The van der Waals surface area contributed by atoms with Crippen molar-refractivity contribution in [1.82, 2.24) is 30.6 Å². The number of hydrazine groups is 1. The molecule has 1 unspecified atom stereocenters. The van der Waals surface area contributed by atoms with Crippen LogP contribution in [0.5, 0.6) is 0 Å². The molecular weight excluding hydrogens is 214 g/mol. The third-order valence-electron chi connectivity index (χ3n) is 1.93. The molecule has 2 aromatic heterocycles. The van der Waals surface area contributed by atoms with Gasteiger partial charge >= 0.3 is 0 Å². The van der Waals surface area contributed by atoms with Crippen LogP contribution in [-0.4, -0.2) is 25.2 Å². The lowest BCUT2D eigenvalue weighted by molar-refractivity contribution is 0.543. The Morgan fingerprint density at radius 2 is 2.53 bits per heavy atom. The normalized spacial score (nSPS) is 12.9. The summed E-state index contributed by atoms with van der Waals surface area (Å²) in [4.78, 5) is 6.49. The molecule has 3 N–H and O–H groups in total. The van der Waals surface area contributed by atoms with Crippen molar-refractivity contribution >= 4 is 11.3 Å². The fourth-order valence-electron chi connectivity index (χ4n) is 1.23. The van der Waals surface area contributed by atoms with Crippen LogP contribution in [0.25, 0.3) is 0 Å². The van der Waals surface area contributed by atoms with E-state index in [-0.39, 0.29) is 6.04 Å². The number of nitrogens with zero attached hydrogens (tertiary/aromatic N) is 5. The van der Waals surface area contributed by atoms with Gasteiger partial charge in [-0.05, 0) is 5.21 Å². The Morgan fingerprint density at radius 1 is 1.67 bits per heavy atom. The zero-order valence-electron chi connectivity index (χ0n) is 8.16. The molecule has 0 bridgehead atoms. The van der Waals surface area contributed by atoms with E-state index in [1.807, 2.05) is 0 Å². The molecular formula is C7H11N7S. The summed E-state index contributed by atoms with van der Waals surface area (Å²) in [6, 6.07) is -0.0123. The average Bonchev–Trinajstić information content (AvgIpc) is 2.85. The molecule has 8 heteroatoms. The number of hydrogen-bond acceptors (Lipinski definition) is 7. The third-order valence-corrected chi connectivity index (χ3v) is 2.82. The van der Waals surface area contributed by atoms with Gasteiger partial charge in [-0.2, -0.15) is 4.80 Å². The van der Waals surface area contributed by atoms with Gasteiger partial charge in [0.25, 0.3) is 0 Å². The second kappa shape index (κ2) is 4.43. The van der Waals surface area contributed by atoms with Crippen molar-refractivity contribution < 1.29 is 0 Å². The highest BCUT2D eigenvalue weighted by Gasteiger charge is 2.14. The number of nitrogens with two attached hydrogens (primary N) is 1. The molecule has 0 spiro atoms. The highest BCUT2D eigenvalue weighted by molar-refractivity contribution is 7.09. The van der Waals surface area contributed by atoms with Crippen LogP contribution in [0.2, 0.25) is 0 Å². The van der Waals surface area contributed by atoms with Gasteiger partial charge in [-0.1, -0.05) is 0 Å². The van der Waals surface area contributed by atoms with Crippen molar-refractivity contribution in [3.63, 3.8) is 0 Å². The molecule has 0 aliphatic carbocycles. The first kappa shape index (κ1) is 10.1. The van der Waals surface area contributed by atoms with Crippen LogP contribution in [0.3, 0.4) is 0 Å². The fourth-order valence-corrected chi connectivity index (χ4v) is 1.91. The van der Waals surface area contributed by atoms with Gasteiger partial charge in [0.05, 0.1) is 18.6 Å². The first-order chi connectivity index (χ1) is 7.29. The number of nitrogens with one attached hydrogen (secondary N) is 1. The molecule has 0 amide bonds. The maximum Gasteiger partial charge on any atom is 0.176 e. The van der Waals surface area contributed by atoms with Crippen LogP contribution in [0.15, 0.2) is 11.7 Å². The summed E-state index contributed by atoms with van der Waals surface area (Å²) in [5.74, 6) is 6.13. The summed E-state index contributed by atoms with van der Waals surface area (Å²) in [7, 11) is 1.73. The quantitative estimate of drug-likeness (QED) is 0.533. The van der Waals surface area contributed by atoms with E-state index in [9.17, 15) is 0 Å². The Labute approximate surface area is 90.3 Å². The minimum absolute atomic E-state index is 0.0123. The third kappa shape index (κ3) is 2.35. The molecule has 0 saturated heterocycles. The van der Waals surface area contributed by atoms with Crippen molar-refractivity contribution in [3.8, 4) is 0 Å². The first-order valence-corrected chi connectivity index (χ1v) is 5.25. The topological polar surface area (TPSA) is 94.5 Å². The summed E-state index contributed by atoms with van der Waals surface area (Å²) >= 11 is 1.55. The molecule has 0 aliphatic heterocycles. The second-order valence-corrected chi connectivity index (χ2v) is 3.94. The predicted molar refractivity (Wildman–Crippen MR) is 54.7 cm³/mol. The van der Waals surface area contributed by atoms with Crippen LogP contribution in [0.4, 0.5) is 0 Å². The number of aryl methyl sites for hydroxylation is 1. The number of rotatable bonds is 4. The zero-order chi connectivity index (χ0) is 10.7. The average molecular weight is 225 g/mol. The van der Waals surface area contributed by atoms with E-state index in [1.54, 1.807) is 30.1 Å².